The highest BCUT2D eigenvalue weighted by atomic mass is 15.0. The van der Waals surface area contributed by atoms with Gasteiger partial charge in [-0.25, -0.2) is 4.98 Å². The Labute approximate surface area is 68.3 Å². The number of rotatable bonds is 0. The summed E-state index contributed by atoms with van der Waals surface area (Å²) >= 11 is 0. The first-order chi connectivity index (χ1) is 4.93. The lowest BCUT2D eigenvalue weighted by atomic mass is 9.91. The lowest BCUT2D eigenvalue weighted by Crippen LogP contribution is -2.13. The smallest absolute Gasteiger partial charge is 0.0949 e. The van der Waals surface area contributed by atoms with Crippen molar-refractivity contribution in [2.45, 2.75) is 33.1 Å². The van der Waals surface area contributed by atoms with Gasteiger partial charge in [0.05, 0.1) is 12.0 Å². The fourth-order valence-electron chi connectivity index (χ4n) is 1.23. The van der Waals surface area contributed by atoms with Gasteiger partial charge in [0.1, 0.15) is 0 Å². The topological polar surface area (TPSA) is 17.8 Å². The molecule has 0 saturated heterocycles. The maximum absolute atomic E-state index is 4.35. The molecule has 0 aliphatic carbocycles. The fourth-order valence-corrected chi connectivity index (χ4v) is 1.23. The Morgan fingerprint density at radius 2 is 1.91 bits per heavy atom. The average molecular weight is 152 g/mol. The fraction of sp³-hybridized carbons (Fsp3) is 0.667. The van der Waals surface area contributed by atoms with Gasteiger partial charge in [-0.3, -0.25) is 0 Å². The molecule has 0 unspecified atom stereocenters. The Bertz CT molecular complexity index is 253. The SMILES string of the molecule is Cc1c(C(C)(C)C)ncn1C. The Kier molecular flexibility index (Phi) is 1.78. The molecule has 0 aromatic carbocycles. The van der Waals surface area contributed by atoms with Crippen molar-refractivity contribution in [3.63, 3.8) is 0 Å². The number of nitrogens with zero attached hydrogens (tertiary/aromatic N) is 2. The highest BCUT2D eigenvalue weighted by Gasteiger charge is 2.19. The monoisotopic (exact) mass is 152 g/mol. The van der Waals surface area contributed by atoms with Gasteiger partial charge in [0.25, 0.3) is 0 Å². The third kappa shape index (κ3) is 1.44. The number of hydrogen-bond donors (Lipinski definition) is 0. The van der Waals surface area contributed by atoms with Crippen LogP contribution in [0.3, 0.4) is 0 Å². The molecule has 11 heavy (non-hydrogen) atoms. The molecule has 2 heteroatoms. The molecule has 1 heterocycles. The average Bonchev–Trinajstić information content (AvgIpc) is 2.11. The van der Waals surface area contributed by atoms with Crippen molar-refractivity contribution in [2.75, 3.05) is 0 Å². The molecule has 1 aromatic rings. The maximum atomic E-state index is 4.35. The minimum absolute atomic E-state index is 0.172. The number of imidazole rings is 1. The van der Waals surface area contributed by atoms with E-state index in [1.807, 2.05) is 13.4 Å². The third-order valence-electron chi connectivity index (χ3n) is 1.94. The van der Waals surface area contributed by atoms with Gasteiger partial charge in [-0.2, -0.15) is 0 Å². The molecule has 62 valence electrons. The summed E-state index contributed by atoms with van der Waals surface area (Å²) in [7, 11) is 2.03. The number of aryl methyl sites for hydroxylation is 1. The van der Waals surface area contributed by atoms with Crippen LogP contribution in [0.5, 0.6) is 0 Å². The number of aromatic nitrogens is 2. The molecule has 1 rings (SSSR count). The van der Waals surface area contributed by atoms with Crippen molar-refractivity contribution in [2.24, 2.45) is 7.05 Å². The van der Waals surface area contributed by atoms with Crippen LogP contribution in [0, 0.1) is 6.92 Å². The zero-order valence-corrected chi connectivity index (χ0v) is 7.97. The maximum Gasteiger partial charge on any atom is 0.0949 e. The van der Waals surface area contributed by atoms with Crippen LogP contribution >= 0.6 is 0 Å². The van der Waals surface area contributed by atoms with E-state index < -0.39 is 0 Å². The van der Waals surface area contributed by atoms with Gasteiger partial charge in [-0.15, -0.1) is 0 Å². The molecule has 0 aliphatic rings. The van der Waals surface area contributed by atoms with Crippen LogP contribution < -0.4 is 0 Å². The van der Waals surface area contributed by atoms with Gasteiger partial charge in [0.15, 0.2) is 0 Å². The predicted molar refractivity (Wildman–Crippen MR) is 46.6 cm³/mol. The van der Waals surface area contributed by atoms with Crippen LogP contribution in [0.4, 0.5) is 0 Å². The lowest BCUT2D eigenvalue weighted by Gasteiger charge is -2.16. The van der Waals surface area contributed by atoms with Crippen molar-refractivity contribution in [1.29, 1.82) is 0 Å². The van der Waals surface area contributed by atoms with Gasteiger partial charge in [0, 0.05) is 18.2 Å². The third-order valence-corrected chi connectivity index (χ3v) is 1.94. The molecule has 0 aliphatic heterocycles. The summed E-state index contributed by atoms with van der Waals surface area (Å²) in [6.07, 6.45) is 1.87. The molecule has 0 N–H and O–H groups in total. The van der Waals surface area contributed by atoms with Gasteiger partial charge >= 0.3 is 0 Å². The van der Waals surface area contributed by atoms with Crippen molar-refractivity contribution >= 4 is 0 Å². The number of hydrogen-bond acceptors (Lipinski definition) is 1. The molecule has 0 saturated carbocycles. The standard InChI is InChI=1S/C9H16N2/c1-7-8(9(2,3)4)10-6-11(7)5/h6H,1-5H3. The van der Waals surface area contributed by atoms with E-state index in [0.717, 1.165) is 0 Å². The van der Waals surface area contributed by atoms with Crippen molar-refractivity contribution in [1.82, 2.24) is 9.55 Å². The summed E-state index contributed by atoms with van der Waals surface area (Å²) < 4.78 is 2.06. The summed E-state index contributed by atoms with van der Waals surface area (Å²) in [6, 6.07) is 0. The van der Waals surface area contributed by atoms with Gasteiger partial charge < -0.3 is 4.57 Å². The Balaban J connectivity index is 3.15. The quantitative estimate of drug-likeness (QED) is 0.556. The van der Waals surface area contributed by atoms with E-state index in [1.165, 1.54) is 11.4 Å². The van der Waals surface area contributed by atoms with E-state index >= 15 is 0 Å². The highest BCUT2D eigenvalue weighted by molar-refractivity contribution is 5.19. The van der Waals surface area contributed by atoms with Crippen LogP contribution in [0.2, 0.25) is 0 Å². The largest absolute Gasteiger partial charge is 0.338 e. The molecule has 0 fully saturated rings. The van der Waals surface area contributed by atoms with E-state index in [-0.39, 0.29) is 5.41 Å². The molecular formula is C9H16N2. The van der Waals surface area contributed by atoms with Gasteiger partial charge in [0.2, 0.25) is 0 Å². The van der Waals surface area contributed by atoms with Crippen LogP contribution in [0.25, 0.3) is 0 Å². The van der Waals surface area contributed by atoms with Crippen LogP contribution in [0.15, 0.2) is 6.33 Å². The minimum Gasteiger partial charge on any atom is -0.338 e. The van der Waals surface area contributed by atoms with E-state index in [9.17, 15) is 0 Å². The van der Waals surface area contributed by atoms with E-state index in [4.69, 9.17) is 0 Å². The minimum atomic E-state index is 0.172. The first-order valence-corrected chi connectivity index (χ1v) is 3.91. The van der Waals surface area contributed by atoms with Crippen LogP contribution in [-0.4, -0.2) is 9.55 Å². The van der Waals surface area contributed by atoms with Crippen molar-refractivity contribution in [3.8, 4) is 0 Å². The summed E-state index contributed by atoms with van der Waals surface area (Å²) in [5.74, 6) is 0. The second-order valence-electron chi connectivity index (χ2n) is 4.04. The van der Waals surface area contributed by atoms with E-state index in [1.54, 1.807) is 0 Å². The summed E-state index contributed by atoms with van der Waals surface area (Å²) in [5.41, 5.74) is 2.63. The van der Waals surface area contributed by atoms with Crippen molar-refractivity contribution in [3.05, 3.63) is 17.7 Å². The van der Waals surface area contributed by atoms with Crippen LogP contribution in [0.1, 0.15) is 32.2 Å². The Morgan fingerprint density at radius 3 is 2.09 bits per heavy atom. The van der Waals surface area contributed by atoms with Gasteiger partial charge in [-0.05, 0) is 6.92 Å². The zero-order chi connectivity index (χ0) is 8.65. The Hall–Kier alpha value is -0.790. The molecule has 0 spiro atoms. The second-order valence-corrected chi connectivity index (χ2v) is 4.04. The second kappa shape index (κ2) is 2.36. The first kappa shape index (κ1) is 8.31. The molecule has 2 nitrogen and oxygen atoms in total. The zero-order valence-electron chi connectivity index (χ0n) is 7.97. The van der Waals surface area contributed by atoms with E-state index in [2.05, 4.69) is 37.2 Å². The summed E-state index contributed by atoms with van der Waals surface area (Å²) in [4.78, 5) is 4.35. The molecular weight excluding hydrogens is 136 g/mol. The first-order valence-electron chi connectivity index (χ1n) is 3.91. The van der Waals surface area contributed by atoms with Crippen LogP contribution in [-0.2, 0) is 12.5 Å². The molecule has 1 aromatic heterocycles. The predicted octanol–water partition coefficient (Wildman–Crippen LogP) is 2.03. The summed E-state index contributed by atoms with van der Waals surface area (Å²) in [5, 5.41) is 0. The Morgan fingerprint density at radius 1 is 1.36 bits per heavy atom. The van der Waals surface area contributed by atoms with Gasteiger partial charge in [-0.1, -0.05) is 20.8 Å². The summed E-state index contributed by atoms with van der Waals surface area (Å²) in [6.45, 7) is 8.65. The highest BCUT2D eigenvalue weighted by Crippen LogP contribution is 2.22. The lowest BCUT2D eigenvalue weighted by molar-refractivity contribution is 0.566. The molecule has 0 bridgehead atoms. The van der Waals surface area contributed by atoms with Crippen molar-refractivity contribution < 1.29 is 0 Å². The molecule has 0 atom stereocenters. The van der Waals surface area contributed by atoms with E-state index in [0.29, 0.717) is 0 Å². The molecule has 0 radical (unpaired) electrons. The molecule has 0 amide bonds. The normalized spacial score (nSPS) is 12.1.